The molecule has 20 heavy (non-hydrogen) atoms. The van der Waals surface area contributed by atoms with Crippen molar-refractivity contribution in [3.05, 3.63) is 40.1 Å². The highest BCUT2D eigenvalue weighted by molar-refractivity contribution is 7.99. The highest BCUT2D eigenvalue weighted by Crippen LogP contribution is 2.39. The van der Waals surface area contributed by atoms with Crippen LogP contribution in [0.1, 0.15) is 37.4 Å². The Morgan fingerprint density at radius 2 is 2.30 bits per heavy atom. The van der Waals surface area contributed by atoms with Crippen LogP contribution in [0, 0.1) is 5.82 Å². The molecular weight excluding hydrogens is 279 g/mol. The zero-order chi connectivity index (χ0) is 14.3. The molecular formula is C13H15FN4OS. The first-order valence-electron chi connectivity index (χ1n) is 6.46. The van der Waals surface area contributed by atoms with Crippen molar-refractivity contribution < 1.29 is 4.39 Å². The standard InChI is InChI=1S/C13H15FN4OS/c1-7(15)9-3-2-4-10(14)11(9)20-13-17-16-12(19)18(13)8-5-6-8/h2-4,7-8H,5-6,15H2,1H3,(H,16,19)/t7-/m0/s1. The van der Waals surface area contributed by atoms with Gasteiger partial charge < -0.3 is 5.73 Å². The number of aromatic nitrogens is 3. The molecule has 0 radical (unpaired) electrons. The summed E-state index contributed by atoms with van der Waals surface area (Å²) >= 11 is 1.15. The Morgan fingerprint density at radius 3 is 2.95 bits per heavy atom. The third-order valence-electron chi connectivity index (χ3n) is 3.27. The minimum atomic E-state index is -0.345. The summed E-state index contributed by atoms with van der Waals surface area (Å²) in [6.07, 6.45) is 1.93. The Kier molecular flexibility index (Phi) is 3.39. The molecule has 0 amide bonds. The lowest BCUT2D eigenvalue weighted by atomic mass is 10.1. The molecule has 1 aliphatic carbocycles. The topological polar surface area (TPSA) is 76.7 Å². The Bertz CT molecular complexity index is 690. The van der Waals surface area contributed by atoms with E-state index in [1.54, 1.807) is 23.6 Å². The molecule has 0 saturated heterocycles. The fourth-order valence-corrected chi connectivity index (χ4v) is 3.24. The lowest BCUT2D eigenvalue weighted by Gasteiger charge is -2.12. The number of halogens is 1. The summed E-state index contributed by atoms with van der Waals surface area (Å²) in [7, 11) is 0. The molecule has 1 heterocycles. The van der Waals surface area contributed by atoms with Gasteiger partial charge in [0.25, 0.3) is 0 Å². The Balaban J connectivity index is 2.02. The smallest absolute Gasteiger partial charge is 0.324 e. The molecule has 0 unspecified atom stereocenters. The van der Waals surface area contributed by atoms with Gasteiger partial charge in [-0.15, -0.1) is 5.10 Å². The highest BCUT2D eigenvalue weighted by atomic mass is 32.2. The van der Waals surface area contributed by atoms with Gasteiger partial charge in [-0.3, -0.25) is 4.57 Å². The molecule has 0 spiro atoms. The van der Waals surface area contributed by atoms with Crippen LogP contribution in [0.25, 0.3) is 0 Å². The van der Waals surface area contributed by atoms with E-state index in [0.717, 1.165) is 24.6 Å². The van der Waals surface area contributed by atoms with Crippen molar-refractivity contribution in [2.75, 3.05) is 0 Å². The molecule has 1 saturated carbocycles. The molecule has 0 aliphatic heterocycles. The van der Waals surface area contributed by atoms with Crippen molar-refractivity contribution in [3.8, 4) is 0 Å². The van der Waals surface area contributed by atoms with Gasteiger partial charge in [0.15, 0.2) is 5.16 Å². The van der Waals surface area contributed by atoms with Crippen LogP contribution in [0.5, 0.6) is 0 Å². The Hall–Kier alpha value is -1.60. The average Bonchev–Trinajstić information content (AvgIpc) is 3.17. The van der Waals surface area contributed by atoms with Gasteiger partial charge in [-0.25, -0.2) is 14.3 Å². The number of rotatable bonds is 4. The molecule has 1 aromatic heterocycles. The number of nitrogens with zero attached hydrogens (tertiary/aromatic N) is 2. The number of nitrogens with one attached hydrogen (secondary N) is 1. The minimum absolute atomic E-state index is 0.189. The van der Waals surface area contributed by atoms with Gasteiger partial charge in [-0.05, 0) is 43.2 Å². The Labute approximate surface area is 119 Å². The summed E-state index contributed by atoms with van der Waals surface area (Å²) in [5.41, 5.74) is 6.35. The third-order valence-corrected chi connectivity index (χ3v) is 4.37. The van der Waals surface area contributed by atoms with E-state index in [9.17, 15) is 9.18 Å². The molecule has 1 fully saturated rings. The largest absolute Gasteiger partial charge is 0.344 e. The number of nitrogens with two attached hydrogens (primary N) is 1. The summed E-state index contributed by atoms with van der Waals surface area (Å²) in [6, 6.07) is 4.72. The number of benzene rings is 1. The van der Waals surface area contributed by atoms with Crippen molar-refractivity contribution in [1.29, 1.82) is 0 Å². The first-order valence-corrected chi connectivity index (χ1v) is 7.28. The summed E-state index contributed by atoms with van der Waals surface area (Å²) in [5, 5.41) is 6.91. The maximum atomic E-state index is 14.0. The van der Waals surface area contributed by atoms with E-state index < -0.39 is 0 Å². The van der Waals surface area contributed by atoms with Crippen molar-refractivity contribution in [2.45, 2.75) is 41.9 Å². The van der Waals surface area contributed by atoms with Crippen molar-refractivity contribution >= 4 is 11.8 Å². The molecule has 106 valence electrons. The van der Waals surface area contributed by atoms with Crippen LogP contribution in [-0.4, -0.2) is 14.8 Å². The quantitative estimate of drug-likeness (QED) is 0.906. The molecule has 1 atom stereocenters. The van der Waals surface area contributed by atoms with Gasteiger partial charge >= 0.3 is 5.69 Å². The van der Waals surface area contributed by atoms with Crippen LogP contribution in [0.4, 0.5) is 4.39 Å². The second-order valence-corrected chi connectivity index (χ2v) is 5.94. The molecule has 0 bridgehead atoms. The van der Waals surface area contributed by atoms with E-state index in [2.05, 4.69) is 10.2 Å². The molecule has 3 N–H and O–H groups in total. The fraction of sp³-hybridized carbons (Fsp3) is 0.385. The molecule has 1 aromatic carbocycles. The van der Waals surface area contributed by atoms with Crippen molar-refractivity contribution in [3.63, 3.8) is 0 Å². The van der Waals surface area contributed by atoms with Gasteiger partial charge in [-0.2, -0.15) is 0 Å². The first-order chi connectivity index (χ1) is 9.58. The maximum Gasteiger partial charge on any atom is 0.344 e. The van der Waals surface area contributed by atoms with Crippen LogP contribution in [0.2, 0.25) is 0 Å². The third kappa shape index (κ3) is 2.38. The minimum Gasteiger partial charge on any atom is -0.324 e. The van der Waals surface area contributed by atoms with Crippen LogP contribution in [-0.2, 0) is 0 Å². The summed E-state index contributed by atoms with van der Waals surface area (Å²) in [4.78, 5) is 12.2. The SMILES string of the molecule is C[C@H](N)c1cccc(F)c1Sc1n[nH]c(=O)n1C1CC1. The zero-order valence-corrected chi connectivity index (χ0v) is 11.8. The van der Waals surface area contributed by atoms with Crippen molar-refractivity contribution in [1.82, 2.24) is 14.8 Å². The number of hydrogen-bond acceptors (Lipinski definition) is 4. The molecule has 5 nitrogen and oxygen atoms in total. The number of hydrogen-bond donors (Lipinski definition) is 2. The number of H-pyrrole nitrogens is 1. The van der Waals surface area contributed by atoms with Crippen LogP contribution in [0.3, 0.4) is 0 Å². The normalized spacial score (nSPS) is 16.4. The summed E-state index contributed by atoms with van der Waals surface area (Å²) in [6.45, 7) is 1.80. The lowest BCUT2D eigenvalue weighted by molar-refractivity contribution is 0.589. The van der Waals surface area contributed by atoms with Gasteiger partial charge in [0, 0.05) is 12.1 Å². The van der Waals surface area contributed by atoms with Gasteiger partial charge in [-0.1, -0.05) is 12.1 Å². The fourth-order valence-electron chi connectivity index (χ4n) is 2.10. The molecule has 7 heteroatoms. The number of aromatic amines is 1. The van der Waals surface area contributed by atoms with Crippen LogP contribution in [0.15, 0.2) is 33.0 Å². The Morgan fingerprint density at radius 1 is 1.55 bits per heavy atom. The van der Waals surface area contributed by atoms with E-state index in [0.29, 0.717) is 15.6 Å². The monoisotopic (exact) mass is 294 g/mol. The van der Waals surface area contributed by atoms with E-state index in [-0.39, 0.29) is 23.6 Å². The summed E-state index contributed by atoms with van der Waals surface area (Å²) in [5.74, 6) is -0.345. The lowest BCUT2D eigenvalue weighted by Crippen LogP contribution is -2.16. The zero-order valence-electron chi connectivity index (χ0n) is 11.0. The highest BCUT2D eigenvalue weighted by Gasteiger charge is 2.29. The predicted octanol–water partition coefficient (Wildman–Crippen LogP) is 2.22. The van der Waals surface area contributed by atoms with Crippen LogP contribution < -0.4 is 11.4 Å². The van der Waals surface area contributed by atoms with Gasteiger partial charge in [0.05, 0.1) is 4.90 Å². The molecule has 2 aromatic rings. The molecule has 3 rings (SSSR count). The van der Waals surface area contributed by atoms with Crippen LogP contribution >= 0.6 is 11.8 Å². The maximum absolute atomic E-state index is 14.0. The average molecular weight is 294 g/mol. The van der Waals surface area contributed by atoms with E-state index in [1.165, 1.54) is 6.07 Å². The first kappa shape index (κ1) is 13.4. The van der Waals surface area contributed by atoms with E-state index in [4.69, 9.17) is 5.73 Å². The van der Waals surface area contributed by atoms with Gasteiger partial charge in [0.2, 0.25) is 0 Å². The second-order valence-electron chi connectivity index (χ2n) is 4.96. The summed E-state index contributed by atoms with van der Waals surface area (Å²) < 4.78 is 15.6. The predicted molar refractivity (Wildman–Crippen MR) is 74.2 cm³/mol. The van der Waals surface area contributed by atoms with E-state index >= 15 is 0 Å². The van der Waals surface area contributed by atoms with Crippen molar-refractivity contribution in [2.24, 2.45) is 5.73 Å². The second kappa shape index (κ2) is 5.06. The molecule has 1 aliphatic rings. The van der Waals surface area contributed by atoms with Gasteiger partial charge in [0.1, 0.15) is 5.82 Å². The van der Waals surface area contributed by atoms with E-state index in [1.807, 2.05) is 0 Å².